The van der Waals surface area contributed by atoms with Crippen LogP contribution >= 0.6 is 11.8 Å². The molecular formula is C29H30N4O4S. The first kappa shape index (κ1) is 26.9. The molecule has 0 aromatic heterocycles. The number of ether oxygens (including phenoxy) is 1. The van der Waals surface area contributed by atoms with Crippen molar-refractivity contribution in [3.63, 3.8) is 0 Å². The number of ketones is 1. The molecule has 0 saturated heterocycles. The predicted octanol–water partition coefficient (Wildman–Crippen LogP) is 4.54. The molecular weight excluding hydrogens is 500 g/mol. The highest BCUT2D eigenvalue weighted by atomic mass is 32.2. The number of hydrogen-bond acceptors (Lipinski definition) is 7. The van der Waals surface area contributed by atoms with Crippen molar-refractivity contribution < 1.29 is 19.1 Å². The van der Waals surface area contributed by atoms with E-state index in [0.717, 1.165) is 11.1 Å². The number of nitrogens with two attached hydrogens (primary N) is 1. The molecule has 8 nitrogen and oxygen atoms in total. The van der Waals surface area contributed by atoms with Gasteiger partial charge in [0.25, 0.3) is 0 Å². The van der Waals surface area contributed by atoms with Crippen molar-refractivity contribution in [3.8, 4) is 0 Å². The summed E-state index contributed by atoms with van der Waals surface area (Å²) in [5, 5.41) is 6.90. The molecule has 0 radical (unpaired) electrons. The van der Waals surface area contributed by atoms with Crippen LogP contribution in [0.5, 0.6) is 0 Å². The highest BCUT2D eigenvalue weighted by molar-refractivity contribution is 7.98. The van der Waals surface area contributed by atoms with Gasteiger partial charge >= 0.3 is 6.09 Å². The van der Waals surface area contributed by atoms with Gasteiger partial charge in [0, 0.05) is 40.7 Å². The second-order valence-electron chi connectivity index (χ2n) is 9.06. The number of amides is 2. The zero-order valence-electron chi connectivity index (χ0n) is 21.1. The SMILES string of the molecule is CC1CC(=O)NN=C1c1ccc(C(=O)[C@H](CSCc2ccccc2)NC(=O)OCc2ccccc2)cc1N. The average molecular weight is 531 g/mol. The Kier molecular flexibility index (Phi) is 9.16. The van der Waals surface area contributed by atoms with Crippen LogP contribution in [0.3, 0.4) is 0 Å². The number of nitrogens with zero attached hydrogens (tertiary/aromatic N) is 1. The van der Waals surface area contributed by atoms with Gasteiger partial charge in [-0.05, 0) is 17.2 Å². The molecule has 2 amide bonds. The highest BCUT2D eigenvalue weighted by Crippen LogP contribution is 2.24. The van der Waals surface area contributed by atoms with E-state index in [0.29, 0.717) is 40.5 Å². The second-order valence-corrected chi connectivity index (χ2v) is 10.1. The number of nitrogen functional groups attached to an aromatic ring is 1. The van der Waals surface area contributed by atoms with Crippen LogP contribution in [0.1, 0.15) is 40.4 Å². The van der Waals surface area contributed by atoms with E-state index in [4.69, 9.17) is 10.5 Å². The number of Topliss-reactive ketones (excluding diaryl/α,β-unsaturated/α-hetero) is 1. The van der Waals surface area contributed by atoms with Gasteiger partial charge in [0.2, 0.25) is 5.91 Å². The first-order chi connectivity index (χ1) is 18.4. The Morgan fingerprint density at radius 1 is 1.08 bits per heavy atom. The summed E-state index contributed by atoms with van der Waals surface area (Å²) < 4.78 is 5.37. The van der Waals surface area contributed by atoms with E-state index in [1.54, 1.807) is 30.0 Å². The van der Waals surface area contributed by atoms with Gasteiger partial charge in [0.05, 0.1) is 5.71 Å². The number of benzene rings is 3. The molecule has 2 atom stereocenters. The Bertz CT molecular complexity index is 1310. The molecule has 9 heteroatoms. The van der Waals surface area contributed by atoms with Gasteiger partial charge < -0.3 is 15.8 Å². The highest BCUT2D eigenvalue weighted by Gasteiger charge is 2.26. The molecule has 1 heterocycles. The van der Waals surface area contributed by atoms with E-state index in [2.05, 4.69) is 15.8 Å². The minimum Gasteiger partial charge on any atom is -0.445 e. The summed E-state index contributed by atoms with van der Waals surface area (Å²) in [6.45, 7) is 2.00. The lowest BCUT2D eigenvalue weighted by Crippen LogP contribution is -2.43. The maximum Gasteiger partial charge on any atom is 0.408 e. The normalized spacial score (nSPS) is 15.7. The molecule has 4 N–H and O–H groups in total. The molecule has 196 valence electrons. The fourth-order valence-corrected chi connectivity index (χ4v) is 5.10. The van der Waals surface area contributed by atoms with E-state index in [9.17, 15) is 14.4 Å². The van der Waals surface area contributed by atoms with Crippen LogP contribution in [0.2, 0.25) is 0 Å². The van der Waals surface area contributed by atoms with Crippen LogP contribution in [0.4, 0.5) is 10.5 Å². The smallest absolute Gasteiger partial charge is 0.408 e. The average Bonchev–Trinajstić information content (AvgIpc) is 2.92. The number of hydrazone groups is 1. The van der Waals surface area contributed by atoms with Crippen molar-refractivity contribution in [1.29, 1.82) is 0 Å². The number of carbonyl (C=O) groups is 3. The molecule has 0 bridgehead atoms. The molecule has 38 heavy (non-hydrogen) atoms. The summed E-state index contributed by atoms with van der Waals surface area (Å²) in [6, 6.07) is 23.4. The number of nitrogens with one attached hydrogen (secondary N) is 2. The summed E-state index contributed by atoms with van der Waals surface area (Å²) in [7, 11) is 0. The van der Waals surface area contributed by atoms with Crippen LogP contribution in [0, 0.1) is 5.92 Å². The first-order valence-corrected chi connectivity index (χ1v) is 13.5. The van der Waals surface area contributed by atoms with E-state index >= 15 is 0 Å². The lowest BCUT2D eigenvalue weighted by Gasteiger charge is -2.21. The quantitative estimate of drug-likeness (QED) is 0.261. The molecule has 0 spiro atoms. The number of rotatable bonds is 10. The first-order valence-electron chi connectivity index (χ1n) is 12.3. The number of alkyl carbamates (subject to hydrolysis) is 1. The standard InChI is InChI=1S/C29H30N4O4S/c1-19-14-26(34)32-33-27(19)23-13-12-22(15-24(23)30)28(35)25(18-38-17-21-10-6-3-7-11-21)31-29(36)37-16-20-8-4-2-5-9-20/h2-13,15,19,25H,14,16-18,30H2,1H3,(H,31,36)(H,32,34)/t19?,25-/m0/s1. The van der Waals surface area contributed by atoms with E-state index < -0.39 is 12.1 Å². The number of anilines is 1. The van der Waals surface area contributed by atoms with Gasteiger partial charge in [-0.3, -0.25) is 9.59 Å². The predicted molar refractivity (Wildman–Crippen MR) is 150 cm³/mol. The van der Waals surface area contributed by atoms with Gasteiger partial charge in [-0.25, -0.2) is 10.2 Å². The monoisotopic (exact) mass is 530 g/mol. The Labute approximate surface area is 226 Å². The lowest BCUT2D eigenvalue weighted by atomic mass is 9.91. The lowest BCUT2D eigenvalue weighted by molar-refractivity contribution is -0.121. The largest absolute Gasteiger partial charge is 0.445 e. The van der Waals surface area contributed by atoms with Gasteiger partial charge in [-0.15, -0.1) is 0 Å². The van der Waals surface area contributed by atoms with Crippen molar-refractivity contribution in [2.45, 2.75) is 31.7 Å². The fourth-order valence-electron chi connectivity index (χ4n) is 4.09. The maximum absolute atomic E-state index is 13.5. The third kappa shape index (κ3) is 7.23. The van der Waals surface area contributed by atoms with E-state index in [1.165, 1.54) is 0 Å². The summed E-state index contributed by atoms with van der Waals surface area (Å²) in [5.74, 6) is 0.525. The number of thioether (sulfide) groups is 1. The molecule has 1 aliphatic heterocycles. The third-order valence-electron chi connectivity index (χ3n) is 6.09. The maximum atomic E-state index is 13.5. The topological polar surface area (TPSA) is 123 Å². The van der Waals surface area contributed by atoms with Crippen molar-refractivity contribution in [3.05, 3.63) is 101 Å². The Balaban J connectivity index is 1.47. The zero-order chi connectivity index (χ0) is 26.9. The molecule has 3 aromatic rings. The molecule has 0 saturated carbocycles. The summed E-state index contributed by atoms with van der Waals surface area (Å²) in [6.07, 6.45) is -0.354. The second kappa shape index (κ2) is 12.9. The van der Waals surface area contributed by atoms with Gasteiger partial charge in [0.1, 0.15) is 12.6 Å². The van der Waals surface area contributed by atoms with Crippen LogP contribution in [-0.2, 0) is 21.9 Å². The molecule has 0 fully saturated rings. The van der Waals surface area contributed by atoms with Crippen LogP contribution in [0.25, 0.3) is 0 Å². The Hall–Kier alpha value is -4.11. The van der Waals surface area contributed by atoms with Crippen LogP contribution in [0.15, 0.2) is 84.0 Å². The van der Waals surface area contributed by atoms with E-state index in [1.807, 2.05) is 67.6 Å². The van der Waals surface area contributed by atoms with Gasteiger partial charge in [0.15, 0.2) is 5.78 Å². The minimum absolute atomic E-state index is 0.100. The van der Waals surface area contributed by atoms with Crippen molar-refractivity contribution in [1.82, 2.24) is 10.7 Å². The van der Waals surface area contributed by atoms with Crippen molar-refractivity contribution >= 4 is 40.9 Å². The molecule has 1 unspecified atom stereocenters. The molecule has 3 aromatic carbocycles. The van der Waals surface area contributed by atoms with E-state index in [-0.39, 0.29) is 24.2 Å². The third-order valence-corrected chi connectivity index (χ3v) is 7.20. The van der Waals surface area contributed by atoms with Gasteiger partial charge in [-0.2, -0.15) is 16.9 Å². The summed E-state index contributed by atoms with van der Waals surface area (Å²) >= 11 is 1.54. The van der Waals surface area contributed by atoms with Crippen molar-refractivity contribution in [2.24, 2.45) is 11.0 Å². The van der Waals surface area contributed by atoms with Gasteiger partial charge in [-0.1, -0.05) is 79.7 Å². The number of carbonyl (C=O) groups excluding carboxylic acids is 3. The molecule has 1 aliphatic rings. The fraction of sp³-hybridized carbons (Fsp3) is 0.241. The molecule has 4 rings (SSSR count). The number of hydrogen-bond donors (Lipinski definition) is 3. The zero-order valence-corrected chi connectivity index (χ0v) is 21.9. The Morgan fingerprint density at radius 2 is 1.76 bits per heavy atom. The van der Waals surface area contributed by atoms with Crippen LogP contribution in [-0.4, -0.2) is 35.3 Å². The molecule has 0 aliphatic carbocycles. The minimum atomic E-state index is -0.817. The van der Waals surface area contributed by atoms with Crippen LogP contribution < -0.4 is 16.5 Å². The Morgan fingerprint density at radius 3 is 2.42 bits per heavy atom. The summed E-state index contributed by atoms with van der Waals surface area (Å²) in [4.78, 5) is 37.7. The van der Waals surface area contributed by atoms with Crippen molar-refractivity contribution in [2.75, 3.05) is 11.5 Å². The summed E-state index contributed by atoms with van der Waals surface area (Å²) in [5.41, 5.74) is 12.9.